The number of likely N-dealkylation sites (N-methyl/N-ethyl adjacent to an activating group) is 1. The van der Waals surface area contributed by atoms with E-state index in [4.69, 9.17) is 0 Å². The number of amides is 1. The number of nitrogens with zero attached hydrogens (tertiary/aromatic N) is 1. The van der Waals surface area contributed by atoms with E-state index < -0.39 is 0 Å². The highest BCUT2D eigenvalue weighted by atomic mass is 16.5. The van der Waals surface area contributed by atoms with Crippen LogP contribution in [0.25, 0.3) is 0 Å². The Morgan fingerprint density at radius 2 is 2.11 bits per heavy atom. The Balaban J connectivity index is 2.46. The lowest BCUT2D eigenvalue weighted by molar-refractivity contribution is -0.141. The molecule has 104 valence electrons. The van der Waals surface area contributed by atoms with Gasteiger partial charge in [-0.1, -0.05) is 6.92 Å². The summed E-state index contributed by atoms with van der Waals surface area (Å²) in [5.41, 5.74) is 0. The minimum Gasteiger partial charge on any atom is -0.469 e. The van der Waals surface area contributed by atoms with Crippen LogP contribution in [-0.2, 0) is 14.3 Å². The summed E-state index contributed by atoms with van der Waals surface area (Å²) in [6.07, 6.45) is 2.25. The van der Waals surface area contributed by atoms with Crippen molar-refractivity contribution < 1.29 is 14.3 Å². The third-order valence-electron chi connectivity index (χ3n) is 3.45. The van der Waals surface area contributed by atoms with Crippen LogP contribution in [0, 0.1) is 5.92 Å². The van der Waals surface area contributed by atoms with Gasteiger partial charge in [-0.15, -0.1) is 0 Å². The molecule has 0 radical (unpaired) electrons. The molecule has 1 aliphatic heterocycles. The van der Waals surface area contributed by atoms with Crippen LogP contribution in [0.15, 0.2) is 0 Å². The van der Waals surface area contributed by atoms with E-state index >= 15 is 0 Å². The lowest BCUT2D eigenvalue weighted by Gasteiger charge is -2.37. The van der Waals surface area contributed by atoms with Crippen molar-refractivity contribution in [2.75, 3.05) is 26.7 Å². The second-order valence-electron chi connectivity index (χ2n) is 4.97. The van der Waals surface area contributed by atoms with E-state index in [0.717, 1.165) is 32.5 Å². The maximum atomic E-state index is 11.2. The molecule has 0 aliphatic carbocycles. The van der Waals surface area contributed by atoms with Gasteiger partial charge in [0.15, 0.2) is 0 Å². The van der Waals surface area contributed by atoms with Crippen molar-refractivity contribution in [1.29, 1.82) is 0 Å². The molecule has 2 atom stereocenters. The average Bonchev–Trinajstić information content (AvgIpc) is 2.34. The standard InChI is InChI=1S/C13H24N2O3/c1-4-15-8-11(5-6-13(17)18-3)7-12(9-15)14-10(2)16/h11-12H,4-9H2,1-3H3,(H,14,16). The highest BCUT2D eigenvalue weighted by Gasteiger charge is 2.27. The predicted octanol–water partition coefficient (Wildman–Crippen LogP) is 0.786. The third kappa shape index (κ3) is 5.04. The lowest BCUT2D eigenvalue weighted by Crippen LogP contribution is -2.50. The normalized spacial score (nSPS) is 24.6. The molecule has 1 amide bonds. The number of esters is 1. The van der Waals surface area contributed by atoms with Gasteiger partial charge in [0, 0.05) is 32.5 Å². The lowest BCUT2D eigenvalue weighted by atomic mass is 9.90. The molecule has 1 fully saturated rings. The van der Waals surface area contributed by atoms with Crippen molar-refractivity contribution in [2.24, 2.45) is 5.92 Å². The fourth-order valence-electron chi connectivity index (χ4n) is 2.59. The van der Waals surface area contributed by atoms with Gasteiger partial charge in [-0.2, -0.15) is 0 Å². The Kier molecular flexibility index (Phi) is 6.12. The maximum Gasteiger partial charge on any atom is 0.305 e. The van der Waals surface area contributed by atoms with E-state index in [2.05, 4.69) is 21.9 Å². The molecule has 0 aromatic rings. The summed E-state index contributed by atoms with van der Waals surface area (Å²) in [4.78, 5) is 24.6. The largest absolute Gasteiger partial charge is 0.469 e. The molecule has 0 spiro atoms. The average molecular weight is 256 g/mol. The van der Waals surface area contributed by atoms with Crippen LogP contribution in [0.4, 0.5) is 0 Å². The molecule has 1 N–H and O–H groups in total. The van der Waals surface area contributed by atoms with Crippen LogP contribution in [0.2, 0.25) is 0 Å². The number of carbonyl (C=O) groups excluding carboxylic acids is 2. The van der Waals surface area contributed by atoms with Gasteiger partial charge in [-0.3, -0.25) is 9.59 Å². The molecular weight excluding hydrogens is 232 g/mol. The molecule has 1 saturated heterocycles. The number of carbonyl (C=O) groups is 2. The number of likely N-dealkylation sites (tertiary alicyclic amines) is 1. The number of nitrogens with one attached hydrogen (secondary N) is 1. The quantitative estimate of drug-likeness (QED) is 0.739. The molecule has 0 aromatic heterocycles. The van der Waals surface area contributed by atoms with Crippen LogP contribution in [-0.4, -0.2) is 49.6 Å². The maximum absolute atomic E-state index is 11.2. The predicted molar refractivity (Wildman–Crippen MR) is 69.1 cm³/mol. The molecule has 0 bridgehead atoms. The van der Waals surface area contributed by atoms with Crippen molar-refractivity contribution in [3.8, 4) is 0 Å². The molecule has 0 aromatic carbocycles. The third-order valence-corrected chi connectivity index (χ3v) is 3.45. The van der Waals surface area contributed by atoms with Crippen molar-refractivity contribution in [1.82, 2.24) is 10.2 Å². The molecule has 5 heteroatoms. The summed E-state index contributed by atoms with van der Waals surface area (Å²) in [6.45, 7) is 6.56. The number of methoxy groups -OCH3 is 1. The fourth-order valence-corrected chi connectivity index (χ4v) is 2.59. The summed E-state index contributed by atoms with van der Waals surface area (Å²) in [7, 11) is 1.42. The first kappa shape index (κ1) is 15.0. The second-order valence-corrected chi connectivity index (χ2v) is 4.97. The minimum absolute atomic E-state index is 0.0182. The zero-order valence-corrected chi connectivity index (χ0v) is 11.6. The highest BCUT2D eigenvalue weighted by Crippen LogP contribution is 2.21. The van der Waals surface area contributed by atoms with E-state index in [1.807, 2.05) is 0 Å². The zero-order chi connectivity index (χ0) is 13.5. The number of piperidine rings is 1. The van der Waals surface area contributed by atoms with E-state index in [1.165, 1.54) is 7.11 Å². The molecule has 5 nitrogen and oxygen atoms in total. The van der Waals surface area contributed by atoms with Gasteiger partial charge >= 0.3 is 5.97 Å². The molecule has 0 saturated carbocycles. The van der Waals surface area contributed by atoms with E-state index in [9.17, 15) is 9.59 Å². The number of ether oxygens (including phenoxy) is 1. The van der Waals surface area contributed by atoms with E-state index in [0.29, 0.717) is 12.3 Å². The Labute approximate surface area is 109 Å². The summed E-state index contributed by atoms with van der Waals surface area (Å²) in [5, 5.41) is 2.98. The Morgan fingerprint density at radius 3 is 2.67 bits per heavy atom. The molecule has 1 aliphatic rings. The van der Waals surface area contributed by atoms with Crippen LogP contribution in [0.5, 0.6) is 0 Å². The van der Waals surface area contributed by atoms with Gasteiger partial charge in [0.25, 0.3) is 0 Å². The topological polar surface area (TPSA) is 58.6 Å². The first-order valence-electron chi connectivity index (χ1n) is 6.61. The number of hydrogen-bond acceptors (Lipinski definition) is 4. The van der Waals surface area contributed by atoms with Crippen molar-refractivity contribution in [3.63, 3.8) is 0 Å². The molecule has 1 heterocycles. The number of rotatable bonds is 5. The van der Waals surface area contributed by atoms with E-state index in [-0.39, 0.29) is 17.9 Å². The van der Waals surface area contributed by atoms with Crippen LogP contribution >= 0.6 is 0 Å². The monoisotopic (exact) mass is 256 g/mol. The van der Waals surface area contributed by atoms with Gasteiger partial charge in [0.2, 0.25) is 5.91 Å². The zero-order valence-electron chi connectivity index (χ0n) is 11.6. The molecule has 1 rings (SSSR count). The summed E-state index contributed by atoms with van der Waals surface area (Å²) in [6, 6.07) is 0.207. The van der Waals surface area contributed by atoms with E-state index in [1.54, 1.807) is 6.92 Å². The first-order valence-corrected chi connectivity index (χ1v) is 6.61. The minimum atomic E-state index is -0.153. The van der Waals surface area contributed by atoms with Gasteiger partial charge < -0.3 is 15.0 Å². The van der Waals surface area contributed by atoms with Crippen molar-refractivity contribution >= 4 is 11.9 Å². The highest BCUT2D eigenvalue weighted by molar-refractivity contribution is 5.73. The van der Waals surface area contributed by atoms with Gasteiger partial charge in [-0.05, 0) is 25.3 Å². The smallest absolute Gasteiger partial charge is 0.305 e. The fraction of sp³-hybridized carbons (Fsp3) is 0.846. The number of hydrogen-bond donors (Lipinski definition) is 1. The Morgan fingerprint density at radius 1 is 1.39 bits per heavy atom. The van der Waals surface area contributed by atoms with Crippen molar-refractivity contribution in [3.05, 3.63) is 0 Å². The summed E-state index contributed by atoms with van der Waals surface area (Å²) in [5.74, 6) is 0.319. The van der Waals surface area contributed by atoms with Gasteiger partial charge in [0.05, 0.1) is 7.11 Å². The van der Waals surface area contributed by atoms with Gasteiger partial charge in [0.1, 0.15) is 0 Å². The Hall–Kier alpha value is -1.10. The summed E-state index contributed by atoms with van der Waals surface area (Å²) < 4.78 is 4.66. The van der Waals surface area contributed by atoms with Crippen LogP contribution in [0.1, 0.15) is 33.1 Å². The van der Waals surface area contributed by atoms with Crippen LogP contribution < -0.4 is 5.32 Å². The first-order chi connectivity index (χ1) is 8.55. The van der Waals surface area contributed by atoms with Gasteiger partial charge in [-0.25, -0.2) is 0 Å². The summed E-state index contributed by atoms with van der Waals surface area (Å²) >= 11 is 0. The van der Waals surface area contributed by atoms with Crippen molar-refractivity contribution in [2.45, 2.75) is 39.2 Å². The SMILES string of the molecule is CCN1CC(CCC(=O)OC)CC(NC(C)=O)C1. The Bertz CT molecular complexity index is 294. The second kappa shape index (κ2) is 7.36. The van der Waals surface area contributed by atoms with Crippen LogP contribution in [0.3, 0.4) is 0 Å². The molecule has 2 unspecified atom stereocenters. The molecular formula is C13H24N2O3. The molecule has 18 heavy (non-hydrogen) atoms.